The summed E-state index contributed by atoms with van der Waals surface area (Å²) in [4.78, 5) is 10.9. The monoisotopic (exact) mass is 269 g/mol. The lowest BCUT2D eigenvalue weighted by Crippen LogP contribution is -2.27. The number of nitrogens with zero attached hydrogens (tertiary/aromatic N) is 3. The molecule has 104 valence electrons. The van der Waals surface area contributed by atoms with Crippen molar-refractivity contribution < 1.29 is 4.74 Å². The standard InChI is InChI=1S/C16H19N3O/c1-12-9-14(13-3-5-15(20-2)6-4-13)11-19(12)16-10-17-7-8-18-16/h3-8,10,12,14H,9,11H2,1-2H3/t12-,14-/m1/s1. The van der Waals surface area contributed by atoms with Gasteiger partial charge in [-0.2, -0.15) is 0 Å². The Hall–Kier alpha value is -2.10. The summed E-state index contributed by atoms with van der Waals surface area (Å²) < 4.78 is 5.21. The predicted molar refractivity (Wildman–Crippen MR) is 79.2 cm³/mol. The molecule has 2 atom stereocenters. The molecule has 4 nitrogen and oxygen atoms in total. The minimum atomic E-state index is 0.485. The quantitative estimate of drug-likeness (QED) is 0.858. The van der Waals surface area contributed by atoms with Gasteiger partial charge in [-0.05, 0) is 31.0 Å². The van der Waals surface area contributed by atoms with Crippen molar-refractivity contribution in [2.24, 2.45) is 0 Å². The number of methoxy groups -OCH3 is 1. The second-order valence-corrected chi connectivity index (χ2v) is 5.27. The molecule has 1 aromatic carbocycles. The molecule has 0 bridgehead atoms. The van der Waals surface area contributed by atoms with E-state index in [0.717, 1.165) is 24.5 Å². The molecule has 0 spiro atoms. The van der Waals surface area contributed by atoms with Gasteiger partial charge >= 0.3 is 0 Å². The van der Waals surface area contributed by atoms with E-state index in [0.29, 0.717) is 12.0 Å². The van der Waals surface area contributed by atoms with Crippen LogP contribution in [0.3, 0.4) is 0 Å². The Morgan fingerprint density at radius 2 is 2.00 bits per heavy atom. The molecule has 4 heteroatoms. The average Bonchev–Trinajstić information content (AvgIpc) is 2.90. The van der Waals surface area contributed by atoms with Crippen molar-refractivity contribution in [3.8, 4) is 5.75 Å². The van der Waals surface area contributed by atoms with Gasteiger partial charge in [-0.3, -0.25) is 4.98 Å². The summed E-state index contributed by atoms with van der Waals surface area (Å²) in [7, 11) is 1.70. The molecule has 0 N–H and O–H groups in total. The van der Waals surface area contributed by atoms with Gasteiger partial charge in [0.1, 0.15) is 11.6 Å². The van der Waals surface area contributed by atoms with Crippen molar-refractivity contribution >= 4 is 5.82 Å². The second-order valence-electron chi connectivity index (χ2n) is 5.27. The highest BCUT2D eigenvalue weighted by molar-refractivity contribution is 5.41. The maximum atomic E-state index is 5.21. The van der Waals surface area contributed by atoms with E-state index in [1.807, 2.05) is 18.3 Å². The molecule has 2 heterocycles. The van der Waals surface area contributed by atoms with E-state index in [1.165, 1.54) is 5.56 Å². The Bertz CT molecular complexity index is 556. The molecule has 0 unspecified atom stereocenters. The zero-order valence-corrected chi connectivity index (χ0v) is 11.9. The molecule has 1 saturated heterocycles. The zero-order chi connectivity index (χ0) is 13.9. The van der Waals surface area contributed by atoms with E-state index >= 15 is 0 Å². The van der Waals surface area contributed by atoms with Crippen molar-refractivity contribution in [2.45, 2.75) is 25.3 Å². The molecule has 1 aliphatic rings. The first kappa shape index (κ1) is 12.9. The van der Waals surface area contributed by atoms with Crippen LogP contribution in [0.5, 0.6) is 5.75 Å². The first-order valence-electron chi connectivity index (χ1n) is 6.94. The molecule has 0 aliphatic carbocycles. The fraction of sp³-hybridized carbons (Fsp3) is 0.375. The van der Waals surface area contributed by atoms with E-state index in [-0.39, 0.29) is 0 Å². The lowest BCUT2D eigenvalue weighted by Gasteiger charge is -2.21. The first-order chi connectivity index (χ1) is 9.78. The molecule has 1 aliphatic heterocycles. The van der Waals surface area contributed by atoms with Crippen LogP contribution in [0.25, 0.3) is 0 Å². The summed E-state index contributed by atoms with van der Waals surface area (Å²) in [5.74, 6) is 2.42. The zero-order valence-electron chi connectivity index (χ0n) is 11.9. The third-order valence-corrected chi connectivity index (χ3v) is 4.01. The van der Waals surface area contributed by atoms with Crippen molar-refractivity contribution in [1.82, 2.24) is 9.97 Å². The number of ether oxygens (including phenoxy) is 1. The third kappa shape index (κ3) is 2.46. The van der Waals surface area contributed by atoms with Gasteiger partial charge in [-0.1, -0.05) is 12.1 Å². The molecule has 0 saturated carbocycles. The Morgan fingerprint density at radius 1 is 1.20 bits per heavy atom. The topological polar surface area (TPSA) is 38.2 Å². The summed E-state index contributed by atoms with van der Waals surface area (Å²) in [5, 5.41) is 0. The van der Waals surface area contributed by atoms with Gasteiger partial charge in [0, 0.05) is 30.9 Å². The summed E-state index contributed by atoms with van der Waals surface area (Å²) in [5.41, 5.74) is 1.36. The van der Waals surface area contributed by atoms with Crippen LogP contribution in [0.2, 0.25) is 0 Å². The first-order valence-corrected chi connectivity index (χ1v) is 6.94. The highest BCUT2D eigenvalue weighted by Gasteiger charge is 2.30. The van der Waals surface area contributed by atoms with Crippen LogP contribution in [0.15, 0.2) is 42.9 Å². The smallest absolute Gasteiger partial charge is 0.147 e. The lowest BCUT2D eigenvalue weighted by molar-refractivity contribution is 0.414. The minimum Gasteiger partial charge on any atom is -0.497 e. The summed E-state index contributed by atoms with van der Waals surface area (Å²) >= 11 is 0. The van der Waals surface area contributed by atoms with Crippen molar-refractivity contribution in [3.63, 3.8) is 0 Å². The molecular formula is C16H19N3O. The van der Waals surface area contributed by atoms with Gasteiger partial charge in [0.15, 0.2) is 0 Å². The van der Waals surface area contributed by atoms with Crippen LogP contribution in [0.1, 0.15) is 24.8 Å². The predicted octanol–water partition coefficient (Wildman–Crippen LogP) is 2.87. The van der Waals surface area contributed by atoms with Gasteiger partial charge < -0.3 is 9.64 Å². The number of rotatable bonds is 3. The molecular weight excluding hydrogens is 250 g/mol. The van der Waals surface area contributed by atoms with Gasteiger partial charge in [0.25, 0.3) is 0 Å². The van der Waals surface area contributed by atoms with Crippen LogP contribution < -0.4 is 9.64 Å². The highest BCUT2D eigenvalue weighted by atomic mass is 16.5. The van der Waals surface area contributed by atoms with Crippen molar-refractivity contribution in [1.29, 1.82) is 0 Å². The van der Waals surface area contributed by atoms with E-state index in [4.69, 9.17) is 4.74 Å². The molecule has 1 fully saturated rings. The molecule has 2 aromatic rings. The minimum absolute atomic E-state index is 0.485. The molecule has 1 aromatic heterocycles. The SMILES string of the molecule is COc1ccc([C@@H]2C[C@@H](C)N(c3cnccn3)C2)cc1. The Labute approximate surface area is 119 Å². The fourth-order valence-corrected chi connectivity index (χ4v) is 2.91. The largest absolute Gasteiger partial charge is 0.497 e. The summed E-state index contributed by atoms with van der Waals surface area (Å²) in [6, 6.07) is 8.88. The molecule has 0 radical (unpaired) electrons. The Morgan fingerprint density at radius 3 is 2.65 bits per heavy atom. The average molecular weight is 269 g/mol. The molecule has 20 heavy (non-hydrogen) atoms. The Balaban J connectivity index is 1.77. The second kappa shape index (κ2) is 5.49. The van der Waals surface area contributed by atoms with E-state index < -0.39 is 0 Å². The Kier molecular flexibility index (Phi) is 3.54. The number of anilines is 1. The van der Waals surface area contributed by atoms with Crippen molar-refractivity contribution in [3.05, 3.63) is 48.4 Å². The number of hydrogen-bond donors (Lipinski definition) is 0. The lowest BCUT2D eigenvalue weighted by atomic mass is 9.97. The maximum absolute atomic E-state index is 5.21. The van der Waals surface area contributed by atoms with Crippen LogP contribution in [0, 0.1) is 0 Å². The van der Waals surface area contributed by atoms with Crippen LogP contribution in [-0.2, 0) is 0 Å². The van der Waals surface area contributed by atoms with Gasteiger partial charge in [0.2, 0.25) is 0 Å². The van der Waals surface area contributed by atoms with Crippen molar-refractivity contribution in [2.75, 3.05) is 18.6 Å². The van der Waals surface area contributed by atoms with Gasteiger partial charge in [-0.15, -0.1) is 0 Å². The molecule has 3 rings (SSSR count). The molecule has 0 amide bonds. The van der Waals surface area contributed by atoms with Gasteiger partial charge in [0.05, 0.1) is 13.3 Å². The highest BCUT2D eigenvalue weighted by Crippen LogP contribution is 2.34. The summed E-state index contributed by atoms with van der Waals surface area (Å²) in [6.07, 6.45) is 6.45. The van der Waals surface area contributed by atoms with Crippen LogP contribution in [-0.4, -0.2) is 29.7 Å². The third-order valence-electron chi connectivity index (χ3n) is 4.01. The normalized spacial score (nSPS) is 22.0. The van der Waals surface area contributed by atoms with E-state index in [1.54, 1.807) is 19.5 Å². The summed E-state index contributed by atoms with van der Waals surface area (Å²) in [6.45, 7) is 3.24. The van der Waals surface area contributed by atoms with Gasteiger partial charge in [-0.25, -0.2) is 4.98 Å². The maximum Gasteiger partial charge on any atom is 0.147 e. The number of aromatic nitrogens is 2. The van der Waals surface area contributed by atoms with Crippen LogP contribution >= 0.6 is 0 Å². The number of benzene rings is 1. The fourth-order valence-electron chi connectivity index (χ4n) is 2.91. The van der Waals surface area contributed by atoms with E-state index in [9.17, 15) is 0 Å². The van der Waals surface area contributed by atoms with E-state index in [2.05, 4.69) is 33.9 Å². The van der Waals surface area contributed by atoms with Crippen LogP contribution in [0.4, 0.5) is 5.82 Å². The number of hydrogen-bond acceptors (Lipinski definition) is 4.